The van der Waals surface area contributed by atoms with Crippen molar-refractivity contribution in [1.82, 2.24) is 0 Å². The van der Waals surface area contributed by atoms with Crippen molar-refractivity contribution in [1.29, 1.82) is 0 Å². The van der Waals surface area contributed by atoms with Gasteiger partial charge in [0.15, 0.2) is 0 Å². The first-order chi connectivity index (χ1) is 5.84. The molecule has 3 aliphatic rings. The molecule has 3 unspecified atom stereocenters. The molecule has 0 saturated carbocycles. The average molecular weight is 162 g/mol. The van der Waals surface area contributed by atoms with Crippen LogP contribution in [0.5, 0.6) is 0 Å². The number of hydrogen-bond donors (Lipinski definition) is 1. The van der Waals surface area contributed by atoms with Crippen LogP contribution in [0.3, 0.4) is 0 Å². The lowest BCUT2D eigenvalue weighted by atomic mass is 9.83. The third kappa shape index (κ3) is 0.776. The summed E-state index contributed by atoms with van der Waals surface area (Å²) in [4.78, 5) is 0. The molecule has 0 saturated heterocycles. The topological polar surface area (TPSA) is 20.2 Å². The molecule has 0 aliphatic heterocycles. The van der Waals surface area contributed by atoms with Crippen LogP contribution in [0, 0.1) is 11.8 Å². The SMILES string of the molecule is OC1CCC2=C1C1C=CC(C2)C1. The molecule has 1 nitrogen and oxygen atoms in total. The molecule has 0 aromatic heterocycles. The Hall–Kier alpha value is -0.560. The van der Waals surface area contributed by atoms with Crippen molar-refractivity contribution in [2.45, 2.75) is 31.8 Å². The van der Waals surface area contributed by atoms with Gasteiger partial charge in [-0.05, 0) is 37.2 Å². The summed E-state index contributed by atoms with van der Waals surface area (Å²) in [5.41, 5.74) is 2.97. The number of aliphatic hydroxyl groups is 1. The zero-order valence-corrected chi connectivity index (χ0v) is 7.16. The summed E-state index contributed by atoms with van der Waals surface area (Å²) in [6.45, 7) is 0. The molecular formula is C11H14O. The second-order valence-corrected chi connectivity index (χ2v) is 4.30. The van der Waals surface area contributed by atoms with Crippen molar-refractivity contribution in [3.05, 3.63) is 23.3 Å². The van der Waals surface area contributed by atoms with Crippen LogP contribution in [-0.2, 0) is 0 Å². The Kier molecular flexibility index (Phi) is 1.28. The second-order valence-electron chi connectivity index (χ2n) is 4.30. The molecule has 3 atom stereocenters. The Morgan fingerprint density at radius 1 is 1.33 bits per heavy atom. The molecule has 3 aliphatic carbocycles. The van der Waals surface area contributed by atoms with E-state index in [0.717, 1.165) is 18.8 Å². The summed E-state index contributed by atoms with van der Waals surface area (Å²) in [5, 5.41) is 9.75. The predicted molar refractivity (Wildman–Crippen MR) is 47.6 cm³/mol. The largest absolute Gasteiger partial charge is 0.389 e. The van der Waals surface area contributed by atoms with E-state index in [0.29, 0.717) is 5.92 Å². The van der Waals surface area contributed by atoms with Gasteiger partial charge in [-0.2, -0.15) is 0 Å². The molecule has 0 radical (unpaired) electrons. The van der Waals surface area contributed by atoms with Gasteiger partial charge in [0.2, 0.25) is 0 Å². The summed E-state index contributed by atoms with van der Waals surface area (Å²) >= 11 is 0. The lowest BCUT2D eigenvalue weighted by Crippen LogP contribution is -2.16. The number of allylic oxidation sites excluding steroid dienone is 3. The Bertz CT molecular complexity index is 275. The summed E-state index contributed by atoms with van der Waals surface area (Å²) in [5.74, 6) is 1.41. The maximum absolute atomic E-state index is 9.75. The van der Waals surface area contributed by atoms with E-state index in [4.69, 9.17) is 0 Å². The van der Waals surface area contributed by atoms with E-state index >= 15 is 0 Å². The summed E-state index contributed by atoms with van der Waals surface area (Å²) < 4.78 is 0. The quantitative estimate of drug-likeness (QED) is 0.540. The molecule has 0 spiro atoms. The minimum atomic E-state index is -0.103. The molecule has 0 fully saturated rings. The third-order valence-corrected chi connectivity index (χ3v) is 3.57. The zero-order chi connectivity index (χ0) is 8.13. The van der Waals surface area contributed by atoms with Crippen LogP contribution < -0.4 is 0 Å². The molecule has 0 amide bonds. The molecule has 2 bridgehead atoms. The van der Waals surface area contributed by atoms with Gasteiger partial charge in [0.1, 0.15) is 0 Å². The number of rotatable bonds is 0. The van der Waals surface area contributed by atoms with Gasteiger partial charge in [-0.3, -0.25) is 0 Å². The van der Waals surface area contributed by atoms with Crippen molar-refractivity contribution in [2.75, 3.05) is 0 Å². The van der Waals surface area contributed by atoms with Gasteiger partial charge in [-0.15, -0.1) is 0 Å². The normalized spacial score (nSPS) is 43.9. The minimum Gasteiger partial charge on any atom is -0.389 e. The summed E-state index contributed by atoms with van der Waals surface area (Å²) in [6, 6.07) is 0. The van der Waals surface area contributed by atoms with E-state index in [1.165, 1.54) is 18.4 Å². The Morgan fingerprint density at radius 3 is 3.17 bits per heavy atom. The van der Waals surface area contributed by atoms with E-state index in [9.17, 15) is 5.11 Å². The summed E-state index contributed by atoms with van der Waals surface area (Å²) in [7, 11) is 0. The minimum absolute atomic E-state index is 0.103. The Labute approximate surface area is 72.8 Å². The fourth-order valence-electron chi connectivity index (χ4n) is 3.05. The van der Waals surface area contributed by atoms with Gasteiger partial charge >= 0.3 is 0 Å². The maximum Gasteiger partial charge on any atom is 0.0761 e. The van der Waals surface area contributed by atoms with Gasteiger partial charge in [-0.1, -0.05) is 17.7 Å². The van der Waals surface area contributed by atoms with Crippen molar-refractivity contribution in [3.63, 3.8) is 0 Å². The Morgan fingerprint density at radius 2 is 2.25 bits per heavy atom. The number of fused-ring (bicyclic) bond motifs is 3. The van der Waals surface area contributed by atoms with Gasteiger partial charge in [0.25, 0.3) is 0 Å². The second kappa shape index (κ2) is 2.23. The van der Waals surface area contributed by atoms with Crippen LogP contribution >= 0.6 is 0 Å². The third-order valence-electron chi connectivity index (χ3n) is 3.57. The van der Waals surface area contributed by atoms with E-state index in [2.05, 4.69) is 12.2 Å². The first kappa shape index (κ1) is 6.90. The van der Waals surface area contributed by atoms with Crippen molar-refractivity contribution >= 4 is 0 Å². The molecule has 1 heteroatoms. The van der Waals surface area contributed by atoms with Crippen LogP contribution in [0.2, 0.25) is 0 Å². The highest BCUT2D eigenvalue weighted by Crippen LogP contribution is 2.47. The average Bonchev–Trinajstić information content (AvgIpc) is 2.59. The maximum atomic E-state index is 9.75. The van der Waals surface area contributed by atoms with E-state index < -0.39 is 0 Å². The smallest absolute Gasteiger partial charge is 0.0761 e. The molecule has 3 rings (SSSR count). The van der Waals surface area contributed by atoms with Gasteiger partial charge in [-0.25, -0.2) is 0 Å². The van der Waals surface area contributed by atoms with Crippen LogP contribution in [-0.4, -0.2) is 11.2 Å². The molecule has 12 heavy (non-hydrogen) atoms. The molecule has 1 N–H and O–H groups in total. The monoisotopic (exact) mass is 162 g/mol. The lowest BCUT2D eigenvalue weighted by Gasteiger charge is -2.23. The van der Waals surface area contributed by atoms with Crippen molar-refractivity contribution in [3.8, 4) is 0 Å². The number of aliphatic hydroxyl groups excluding tert-OH is 1. The zero-order valence-electron chi connectivity index (χ0n) is 7.16. The fraction of sp³-hybridized carbons (Fsp3) is 0.636. The molecule has 0 heterocycles. The molecule has 0 aromatic rings. The highest BCUT2D eigenvalue weighted by molar-refractivity contribution is 5.36. The van der Waals surface area contributed by atoms with Gasteiger partial charge in [0, 0.05) is 5.92 Å². The Balaban J connectivity index is 2.03. The molecular weight excluding hydrogens is 148 g/mol. The van der Waals surface area contributed by atoms with Crippen LogP contribution in [0.1, 0.15) is 25.7 Å². The standard InChI is InChI=1S/C11H14O/c12-10-4-3-9-6-7-1-2-8(5-7)11(9)10/h1-2,7-8,10,12H,3-6H2. The van der Waals surface area contributed by atoms with E-state index in [-0.39, 0.29) is 6.10 Å². The van der Waals surface area contributed by atoms with Crippen LogP contribution in [0.4, 0.5) is 0 Å². The van der Waals surface area contributed by atoms with Gasteiger partial charge in [0.05, 0.1) is 6.10 Å². The highest BCUT2D eigenvalue weighted by Gasteiger charge is 2.36. The number of hydrogen-bond acceptors (Lipinski definition) is 1. The van der Waals surface area contributed by atoms with E-state index in [1.54, 1.807) is 5.57 Å². The highest BCUT2D eigenvalue weighted by atomic mass is 16.3. The molecule has 64 valence electrons. The predicted octanol–water partition coefficient (Wildman–Crippen LogP) is 2.03. The first-order valence-electron chi connectivity index (χ1n) is 4.93. The van der Waals surface area contributed by atoms with Crippen LogP contribution in [0.15, 0.2) is 23.3 Å². The summed E-state index contributed by atoms with van der Waals surface area (Å²) in [6.07, 6.45) is 9.20. The molecule has 0 aromatic carbocycles. The fourth-order valence-corrected chi connectivity index (χ4v) is 3.05. The van der Waals surface area contributed by atoms with Gasteiger partial charge < -0.3 is 5.11 Å². The van der Waals surface area contributed by atoms with Crippen LogP contribution in [0.25, 0.3) is 0 Å². The van der Waals surface area contributed by atoms with Crippen molar-refractivity contribution in [2.24, 2.45) is 11.8 Å². The van der Waals surface area contributed by atoms with E-state index in [1.807, 2.05) is 0 Å². The first-order valence-corrected chi connectivity index (χ1v) is 4.93. The van der Waals surface area contributed by atoms with Crippen molar-refractivity contribution < 1.29 is 5.11 Å². The lowest BCUT2D eigenvalue weighted by molar-refractivity contribution is 0.201.